The van der Waals surface area contributed by atoms with Gasteiger partial charge in [-0.15, -0.1) is 0 Å². The fourth-order valence-electron chi connectivity index (χ4n) is 3.54. The third kappa shape index (κ3) is 4.91. The van der Waals surface area contributed by atoms with Crippen molar-refractivity contribution in [2.75, 3.05) is 40.0 Å². The SMILES string of the molecule is COc1ccc(C(CNS(=O)(=O)c2ccc(C)cc2C)N2CCOCC2)cc1. The second-order valence-electron chi connectivity index (χ2n) is 7.06. The summed E-state index contributed by atoms with van der Waals surface area (Å²) in [6, 6.07) is 13.1. The zero-order valence-corrected chi connectivity index (χ0v) is 17.5. The van der Waals surface area contributed by atoms with Crippen LogP contribution >= 0.6 is 0 Å². The molecule has 7 heteroatoms. The first-order chi connectivity index (χ1) is 13.4. The van der Waals surface area contributed by atoms with Crippen LogP contribution in [0.3, 0.4) is 0 Å². The summed E-state index contributed by atoms with van der Waals surface area (Å²) in [5.41, 5.74) is 2.84. The van der Waals surface area contributed by atoms with Gasteiger partial charge in [0.05, 0.1) is 25.2 Å². The highest BCUT2D eigenvalue weighted by Crippen LogP contribution is 2.25. The van der Waals surface area contributed by atoms with Crippen molar-refractivity contribution in [3.8, 4) is 5.75 Å². The average molecular weight is 405 g/mol. The molecule has 1 heterocycles. The molecule has 6 nitrogen and oxygen atoms in total. The number of hydrogen-bond acceptors (Lipinski definition) is 5. The lowest BCUT2D eigenvalue weighted by molar-refractivity contribution is 0.0172. The molecular weight excluding hydrogens is 376 g/mol. The monoisotopic (exact) mass is 404 g/mol. The zero-order valence-electron chi connectivity index (χ0n) is 16.6. The number of morpholine rings is 1. The largest absolute Gasteiger partial charge is 0.497 e. The molecule has 1 aliphatic rings. The Labute approximate surface area is 167 Å². The Morgan fingerprint density at radius 2 is 1.79 bits per heavy atom. The standard InChI is InChI=1S/C21H28N2O4S/c1-16-4-9-21(17(2)14-16)28(24,25)22-15-20(23-10-12-27-13-11-23)18-5-7-19(26-3)8-6-18/h4-9,14,20,22H,10-13,15H2,1-3H3. The lowest BCUT2D eigenvalue weighted by Gasteiger charge is -2.35. The molecular formula is C21H28N2O4S. The Kier molecular flexibility index (Phi) is 6.72. The minimum Gasteiger partial charge on any atom is -0.497 e. The molecule has 28 heavy (non-hydrogen) atoms. The van der Waals surface area contributed by atoms with E-state index in [0.717, 1.165) is 35.5 Å². The molecule has 0 saturated carbocycles. The normalized spacial score (nSPS) is 16.7. The van der Waals surface area contributed by atoms with E-state index >= 15 is 0 Å². The zero-order chi connectivity index (χ0) is 20.1. The second-order valence-corrected chi connectivity index (χ2v) is 8.79. The molecule has 1 N–H and O–H groups in total. The smallest absolute Gasteiger partial charge is 0.240 e. The molecule has 1 aliphatic heterocycles. The van der Waals surface area contributed by atoms with Gasteiger partial charge < -0.3 is 9.47 Å². The van der Waals surface area contributed by atoms with Gasteiger partial charge >= 0.3 is 0 Å². The van der Waals surface area contributed by atoms with Gasteiger partial charge in [0.2, 0.25) is 10.0 Å². The van der Waals surface area contributed by atoms with Crippen LogP contribution in [-0.2, 0) is 14.8 Å². The molecule has 0 amide bonds. The maximum atomic E-state index is 12.9. The van der Waals surface area contributed by atoms with Crippen LogP contribution in [0, 0.1) is 13.8 Å². The third-order valence-electron chi connectivity index (χ3n) is 5.07. The van der Waals surface area contributed by atoms with Gasteiger partial charge in [-0.2, -0.15) is 0 Å². The first-order valence-corrected chi connectivity index (χ1v) is 10.9. The first-order valence-electron chi connectivity index (χ1n) is 9.43. The summed E-state index contributed by atoms with van der Waals surface area (Å²) in [5, 5.41) is 0. The van der Waals surface area contributed by atoms with E-state index < -0.39 is 10.0 Å². The quantitative estimate of drug-likeness (QED) is 0.768. The molecule has 0 aliphatic carbocycles. The summed E-state index contributed by atoms with van der Waals surface area (Å²) in [4.78, 5) is 2.59. The highest BCUT2D eigenvalue weighted by molar-refractivity contribution is 7.89. The number of hydrogen-bond donors (Lipinski definition) is 1. The number of ether oxygens (including phenoxy) is 2. The van der Waals surface area contributed by atoms with Crippen molar-refractivity contribution in [2.45, 2.75) is 24.8 Å². The number of nitrogens with zero attached hydrogens (tertiary/aromatic N) is 1. The highest BCUT2D eigenvalue weighted by atomic mass is 32.2. The van der Waals surface area contributed by atoms with Crippen molar-refractivity contribution >= 4 is 10.0 Å². The summed E-state index contributed by atoms with van der Waals surface area (Å²) in [7, 11) is -1.96. The first kappa shape index (κ1) is 20.8. The van der Waals surface area contributed by atoms with Gasteiger partial charge in [0.15, 0.2) is 0 Å². The van der Waals surface area contributed by atoms with E-state index in [1.54, 1.807) is 13.2 Å². The summed E-state index contributed by atoms with van der Waals surface area (Å²) in [6.07, 6.45) is 0. The minimum atomic E-state index is -3.59. The fourth-order valence-corrected chi connectivity index (χ4v) is 4.80. The molecule has 3 rings (SSSR count). The number of sulfonamides is 1. The van der Waals surface area contributed by atoms with Crippen molar-refractivity contribution in [2.24, 2.45) is 0 Å². The van der Waals surface area contributed by atoms with Crippen LogP contribution in [0.15, 0.2) is 47.4 Å². The second kappa shape index (κ2) is 9.05. The predicted octanol–water partition coefficient (Wildman–Crippen LogP) is 2.66. The van der Waals surface area contributed by atoms with E-state index in [9.17, 15) is 8.42 Å². The van der Waals surface area contributed by atoms with Gasteiger partial charge in [-0.1, -0.05) is 29.8 Å². The number of nitrogens with one attached hydrogen (secondary N) is 1. The van der Waals surface area contributed by atoms with Gasteiger partial charge in [-0.25, -0.2) is 13.1 Å². The van der Waals surface area contributed by atoms with E-state index in [0.29, 0.717) is 24.7 Å². The van der Waals surface area contributed by atoms with Gasteiger partial charge in [-0.05, 0) is 43.2 Å². The molecule has 0 radical (unpaired) electrons. The van der Waals surface area contributed by atoms with Crippen LogP contribution in [0.5, 0.6) is 5.75 Å². The molecule has 0 aromatic heterocycles. The van der Waals surface area contributed by atoms with Crippen molar-refractivity contribution in [1.82, 2.24) is 9.62 Å². The Bertz CT molecular complexity index is 891. The average Bonchev–Trinajstić information content (AvgIpc) is 2.69. The van der Waals surface area contributed by atoms with Crippen molar-refractivity contribution in [3.05, 3.63) is 59.2 Å². The van der Waals surface area contributed by atoms with E-state index in [1.165, 1.54) is 0 Å². The maximum absolute atomic E-state index is 12.9. The van der Waals surface area contributed by atoms with Crippen LogP contribution in [-0.4, -0.2) is 53.3 Å². The molecule has 2 aromatic rings. The topological polar surface area (TPSA) is 67.9 Å². The lowest BCUT2D eigenvalue weighted by Crippen LogP contribution is -2.43. The van der Waals surface area contributed by atoms with Crippen LogP contribution < -0.4 is 9.46 Å². The molecule has 1 fully saturated rings. The number of aryl methyl sites for hydroxylation is 2. The molecule has 2 aromatic carbocycles. The highest BCUT2D eigenvalue weighted by Gasteiger charge is 2.25. The Balaban J connectivity index is 1.82. The summed E-state index contributed by atoms with van der Waals surface area (Å²) in [6.45, 7) is 6.90. The Hall–Kier alpha value is -1.93. The van der Waals surface area contributed by atoms with Crippen LogP contribution in [0.1, 0.15) is 22.7 Å². The maximum Gasteiger partial charge on any atom is 0.240 e. The molecule has 1 saturated heterocycles. The number of methoxy groups -OCH3 is 1. The van der Waals surface area contributed by atoms with E-state index in [4.69, 9.17) is 9.47 Å². The number of rotatable bonds is 7. The molecule has 0 bridgehead atoms. The number of benzene rings is 2. The summed E-state index contributed by atoms with van der Waals surface area (Å²) >= 11 is 0. The van der Waals surface area contributed by atoms with Crippen LogP contribution in [0.2, 0.25) is 0 Å². The Morgan fingerprint density at radius 3 is 2.39 bits per heavy atom. The van der Waals surface area contributed by atoms with E-state index in [-0.39, 0.29) is 6.04 Å². The molecule has 1 unspecified atom stereocenters. The van der Waals surface area contributed by atoms with Crippen molar-refractivity contribution in [3.63, 3.8) is 0 Å². The van der Waals surface area contributed by atoms with Crippen LogP contribution in [0.4, 0.5) is 0 Å². The third-order valence-corrected chi connectivity index (χ3v) is 6.66. The van der Waals surface area contributed by atoms with Crippen molar-refractivity contribution < 1.29 is 17.9 Å². The predicted molar refractivity (Wildman–Crippen MR) is 109 cm³/mol. The lowest BCUT2D eigenvalue weighted by atomic mass is 10.0. The van der Waals surface area contributed by atoms with Crippen molar-refractivity contribution in [1.29, 1.82) is 0 Å². The van der Waals surface area contributed by atoms with Gasteiger partial charge in [0.1, 0.15) is 5.75 Å². The van der Waals surface area contributed by atoms with Crippen LogP contribution in [0.25, 0.3) is 0 Å². The molecule has 1 atom stereocenters. The molecule has 0 spiro atoms. The van der Waals surface area contributed by atoms with Gasteiger partial charge in [0, 0.05) is 25.7 Å². The Morgan fingerprint density at radius 1 is 1.11 bits per heavy atom. The summed E-state index contributed by atoms with van der Waals surface area (Å²) < 4.78 is 39.3. The molecule has 152 valence electrons. The van der Waals surface area contributed by atoms with E-state index in [1.807, 2.05) is 50.2 Å². The minimum absolute atomic E-state index is 0.0738. The van der Waals surface area contributed by atoms with E-state index in [2.05, 4.69) is 9.62 Å². The van der Waals surface area contributed by atoms with Gasteiger partial charge in [0.25, 0.3) is 0 Å². The fraction of sp³-hybridized carbons (Fsp3) is 0.429. The van der Waals surface area contributed by atoms with Gasteiger partial charge in [-0.3, -0.25) is 4.90 Å². The summed E-state index contributed by atoms with van der Waals surface area (Å²) in [5.74, 6) is 0.778.